The van der Waals surface area contributed by atoms with Gasteiger partial charge in [0.15, 0.2) is 0 Å². The summed E-state index contributed by atoms with van der Waals surface area (Å²) >= 11 is 2.06. The highest BCUT2D eigenvalue weighted by molar-refractivity contribution is 7.99. The van der Waals surface area contributed by atoms with Gasteiger partial charge in [-0.2, -0.15) is 11.8 Å². The van der Waals surface area contributed by atoms with Crippen LogP contribution in [-0.2, 0) is 0 Å². The summed E-state index contributed by atoms with van der Waals surface area (Å²) in [5.41, 5.74) is 0. The number of nitrogens with one attached hydrogen (secondary N) is 1. The lowest BCUT2D eigenvalue weighted by atomic mass is 9.84. The lowest BCUT2D eigenvalue weighted by Gasteiger charge is -2.30. The molecule has 94 valence electrons. The second-order valence-electron chi connectivity index (χ2n) is 5.66. The highest BCUT2D eigenvalue weighted by Crippen LogP contribution is 2.31. The minimum Gasteiger partial charge on any atom is -0.311 e. The maximum absolute atomic E-state index is 3.91. The van der Waals surface area contributed by atoms with Crippen LogP contribution < -0.4 is 5.32 Å². The topological polar surface area (TPSA) is 12.0 Å². The highest BCUT2D eigenvalue weighted by Gasteiger charge is 2.27. The molecule has 2 heteroatoms. The molecule has 0 radical (unpaired) electrons. The van der Waals surface area contributed by atoms with Gasteiger partial charge in [0.2, 0.25) is 0 Å². The van der Waals surface area contributed by atoms with E-state index in [1.165, 1.54) is 51.4 Å². The van der Waals surface area contributed by atoms with Gasteiger partial charge in [-0.3, -0.25) is 0 Å². The van der Waals surface area contributed by atoms with Crippen LogP contribution in [0, 0.1) is 5.92 Å². The van der Waals surface area contributed by atoms with E-state index in [0.29, 0.717) is 0 Å². The molecule has 2 aliphatic carbocycles. The van der Waals surface area contributed by atoms with Crippen LogP contribution in [0.2, 0.25) is 0 Å². The number of thioether (sulfide) groups is 1. The third kappa shape index (κ3) is 3.40. The van der Waals surface area contributed by atoms with Crippen molar-refractivity contribution >= 4 is 11.8 Å². The van der Waals surface area contributed by atoms with Crippen LogP contribution in [0.4, 0.5) is 0 Å². The molecule has 0 aliphatic heterocycles. The molecule has 2 unspecified atom stereocenters. The van der Waals surface area contributed by atoms with Gasteiger partial charge in [0, 0.05) is 17.3 Å². The predicted molar refractivity (Wildman–Crippen MR) is 74.1 cm³/mol. The Bertz CT molecular complexity index is 199. The van der Waals surface area contributed by atoms with E-state index in [-0.39, 0.29) is 0 Å². The Hall–Kier alpha value is 0.310. The maximum atomic E-state index is 3.91. The molecule has 0 aromatic heterocycles. The molecule has 2 fully saturated rings. The van der Waals surface area contributed by atoms with E-state index in [1.54, 1.807) is 0 Å². The Morgan fingerprint density at radius 3 is 2.25 bits per heavy atom. The summed E-state index contributed by atoms with van der Waals surface area (Å²) in [7, 11) is 0. The van der Waals surface area contributed by atoms with Gasteiger partial charge >= 0.3 is 0 Å². The third-order valence-electron chi connectivity index (χ3n) is 4.61. The van der Waals surface area contributed by atoms with Crippen molar-refractivity contribution in [2.75, 3.05) is 6.26 Å². The fraction of sp³-hybridized carbons (Fsp3) is 1.00. The molecule has 0 bridgehead atoms. The van der Waals surface area contributed by atoms with Crippen molar-refractivity contribution in [1.82, 2.24) is 5.32 Å². The summed E-state index contributed by atoms with van der Waals surface area (Å²) in [5.74, 6) is 1.03. The lowest BCUT2D eigenvalue weighted by molar-refractivity contribution is 0.269. The van der Waals surface area contributed by atoms with Crippen LogP contribution >= 0.6 is 11.8 Å². The van der Waals surface area contributed by atoms with Crippen LogP contribution in [0.5, 0.6) is 0 Å². The van der Waals surface area contributed by atoms with Crippen LogP contribution in [0.1, 0.15) is 58.3 Å². The van der Waals surface area contributed by atoms with Gasteiger partial charge in [-0.05, 0) is 57.1 Å². The first kappa shape index (κ1) is 12.8. The predicted octanol–water partition coefficient (Wildman–Crippen LogP) is 3.83. The summed E-state index contributed by atoms with van der Waals surface area (Å²) in [5, 5.41) is 4.85. The standard InChI is InChI=1S/C14H27NS/c1-3-11-4-6-12(7-5-11)15-13-8-9-14(10-13)16-2/h11-15H,3-10H2,1-2H3. The van der Waals surface area contributed by atoms with Gasteiger partial charge in [-0.15, -0.1) is 0 Å². The Kier molecular flexibility index (Phi) is 5.02. The van der Waals surface area contributed by atoms with Crippen molar-refractivity contribution < 1.29 is 0 Å². The van der Waals surface area contributed by atoms with Gasteiger partial charge in [0.1, 0.15) is 0 Å². The molecule has 2 atom stereocenters. The summed E-state index contributed by atoms with van der Waals surface area (Å²) in [6, 6.07) is 1.68. The molecule has 0 amide bonds. The second-order valence-corrected chi connectivity index (χ2v) is 6.80. The molecule has 1 N–H and O–H groups in total. The van der Waals surface area contributed by atoms with E-state index in [4.69, 9.17) is 0 Å². The molecule has 2 rings (SSSR count). The van der Waals surface area contributed by atoms with Crippen LogP contribution in [0.15, 0.2) is 0 Å². The Labute approximate surface area is 105 Å². The first-order valence-corrected chi connectivity index (χ1v) is 8.39. The molecule has 1 nitrogen and oxygen atoms in total. The number of rotatable bonds is 4. The van der Waals surface area contributed by atoms with Gasteiger partial charge in [-0.25, -0.2) is 0 Å². The zero-order valence-electron chi connectivity index (χ0n) is 10.9. The van der Waals surface area contributed by atoms with Crippen molar-refractivity contribution in [2.45, 2.75) is 75.6 Å². The quantitative estimate of drug-likeness (QED) is 0.803. The monoisotopic (exact) mass is 241 g/mol. The van der Waals surface area contributed by atoms with E-state index >= 15 is 0 Å². The van der Waals surface area contributed by atoms with E-state index < -0.39 is 0 Å². The first-order chi connectivity index (χ1) is 7.81. The SMILES string of the molecule is CCC1CCC(NC2CCC(SC)C2)CC1. The molecule has 2 saturated carbocycles. The van der Waals surface area contributed by atoms with Gasteiger partial charge in [0.05, 0.1) is 0 Å². The largest absolute Gasteiger partial charge is 0.311 e. The minimum absolute atomic E-state index is 0.834. The molecule has 0 heterocycles. The van der Waals surface area contributed by atoms with Gasteiger partial charge < -0.3 is 5.32 Å². The van der Waals surface area contributed by atoms with E-state index in [9.17, 15) is 0 Å². The first-order valence-electron chi connectivity index (χ1n) is 7.10. The van der Waals surface area contributed by atoms with Crippen molar-refractivity contribution in [3.05, 3.63) is 0 Å². The molecule has 0 saturated heterocycles. The van der Waals surface area contributed by atoms with E-state index in [0.717, 1.165) is 23.3 Å². The van der Waals surface area contributed by atoms with E-state index in [2.05, 4.69) is 30.3 Å². The molecule has 2 aliphatic rings. The molecular formula is C14H27NS. The van der Waals surface area contributed by atoms with E-state index in [1.807, 2.05) is 0 Å². The second kappa shape index (κ2) is 6.30. The average Bonchev–Trinajstić information content (AvgIpc) is 2.78. The van der Waals surface area contributed by atoms with Crippen molar-refractivity contribution in [3.63, 3.8) is 0 Å². The van der Waals surface area contributed by atoms with Crippen LogP contribution in [0.3, 0.4) is 0 Å². The van der Waals surface area contributed by atoms with Crippen molar-refractivity contribution in [2.24, 2.45) is 5.92 Å². The van der Waals surface area contributed by atoms with Gasteiger partial charge in [0.25, 0.3) is 0 Å². The molecule has 0 aromatic rings. The van der Waals surface area contributed by atoms with Crippen LogP contribution in [-0.4, -0.2) is 23.6 Å². The Balaban J connectivity index is 1.67. The molecule has 16 heavy (non-hydrogen) atoms. The fourth-order valence-electron chi connectivity index (χ4n) is 3.38. The molecule has 0 spiro atoms. The summed E-state index contributed by atoms with van der Waals surface area (Å²) in [6.07, 6.45) is 13.7. The highest BCUT2D eigenvalue weighted by atomic mass is 32.2. The summed E-state index contributed by atoms with van der Waals surface area (Å²) < 4.78 is 0. The average molecular weight is 241 g/mol. The zero-order valence-corrected chi connectivity index (χ0v) is 11.7. The third-order valence-corrected chi connectivity index (χ3v) is 5.71. The Morgan fingerprint density at radius 1 is 1.00 bits per heavy atom. The lowest BCUT2D eigenvalue weighted by Crippen LogP contribution is -2.39. The van der Waals surface area contributed by atoms with Crippen LogP contribution in [0.25, 0.3) is 0 Å². The fourth-order valence-corrected chi connectivity index (χ4v) is 4.17. The smallest absolute Gasteiger partial charge is 0.00805 e. The minimum atomic E-state index is 0.834. The zero-order chi connectivity index (χ0) is 11.4. The normalized spacial score (nSPS) is 40.1. The maximum Gasteiger partial charge on any atom is 0.00805 e. The molecule has 0 aromatic carbocycles. The number of hydrogen-bond donors (Lipinski definition) is 1. The summed E-state index contributed by atoms with van der Waals surface area (Å²) in [4.78, 5) is 0. The Morgan fingerprint density at radius 2 is 1.69 bits per heavy atom. The summed E-state index contributed by atoms with van der Waals surface area (Å²) in [6.45, 7) is 2.35. The molecular weight excluding hydrogens is 214 g/mol. The van der Waals surface area contributed by atoms with Crippen molar-refractivity contribution in [3.8, 4) is 0 Å². The van der Waals surface area contributed by atoms with Gasteiger partial charge in [-0.1, -0.05) is 13.3 Å². The number of hydrogen-bond acceptors (Lipinski definition) is 2. The van der Waals surface area contributed by atoms with Crippen molar-refractivity contribution in [1.29, 1.82) is 0 Å².